The molecule has 0 fully saturated rings. The number of halogens is 1. The zero-order valence-corrected chi connectivity index (χ0v) is 18.3. The molecule has 0 unspecified atom stereocenters. The fourth-order valence-corrected chi connectivity index (χ4v) is 5.08. The molecule has 12 heteroatoms. The Morgan fingerprint density at radius 2 is 1.83 bits per heavy atom. The highest BCUT2D eigenvalue weighted by atomic mass is 35.5. The maximum atomic E-state index is 12.4. The fraction of sp³-hybridized carbons (Fsp3) is 0.294. The van der Waals surface area contributed by atoms with Crippen molar-refractivity contribution in [3.05, 3.63) is 39.7 Å². The summed E-state index contributed by atoms with van der Waals surface area (Å²) in [6, 6.07) is 5.40. The van der Waals surface area contributed by atoms with Crippen LogP contribution in [0.15, 0.2) is 28.5 Å². The van der Waals surface area contributed by atoms with Gasteiger partial charge in [-0.05, 0) is 30.7 Å². The van der Waals surface area contributed by atoms with E-state index in [0.717, 1.165) is 11.3 Å². The Labute approximate surface area is 177 Å². The molecule has 1 heterocycles. The number of thiophene rings is 1. The Kier molecular flexibility index (Phi) is 7.71. The van der Waals surface area contributed by atoms with Gasteiger partial charge in [-0.2, -0.15) is 0 Å². The molecule has 3 amide bonds. The predicted octanol–water partition coefficient (Wildman–Crippen LogP) is 2.01. The van der Waals surface area contributed by atoms with Crippen LogP contribution in [-0.2, 0) is 16.4 Å². The van der Waals surface area contributed by atoms with Gasteiger partial charge in [-0.15, -0.1) is 11.3 Å². The number of benzene rings is 1. The van der Waals surface area contributed by atoms with Gasteiger partial charge in [0, 0.05) is 23.5 Å². The SMILES string of the molecule is CNC(=O)NS(=O)(=O)c1sc(CCNC(=O)c2cc(Cl)ccc2OC)cc1OC. The zero-order chi connectivity index (χ0) is 21.6. The van der Waals surface area contributed by atoms with Crippen LogP contribution in [-0.4, -0.2) is 48.2 Å². The van der Waals surface area contributed by atoms with Crippen LogP contribution in [0.3, 0.4) is 0 Å². The van der Waals surface area contributed by atoms with E-state index in [-0.39, 0.29) is 22.4 Å². The van der Waals surface area contributed by atoms with Crippen LogP contribution in [0.25, 0.3) is 0 Å². The van der Waals surface area contributed by atoms with E-state index in [9.17, 15) is 18.0 Å². The number of rotatable bonds is 8. The normalized spacial score (nSPS) is 10.9. The van der Waals surface area contributed by atoms with Crippen LogP contribution in [0.2, 0.25) is 5.02 Å². The molecule has 1 aromatic heterocycles. The van der Waals surface area contributed by atoms with Crippen LogP contribution in [0, 0.1) is 0 Å². The van der Waals surface area contributed by atoms with E-state index < -0.39 is 16.1 Å². The Morgan fingerprint density at radius 3 is 2.45 bits per heavy atom. The highest BCUT2D eigenvalue weighted by Gasteiger charge is 2.25. The number of nitrogens with one attached hydrogen (secondary N) is 3. The summed E-state index contributed by atoms with van der Waals surface area (Å²) in [5, 5.41) is 5.31. The van der Waals surface area contributed by atoms with Crippen molar-refractivity contribution in [1.29, 1.82) is 0 Å². The smallest absolute Gasteiger partial charge is 0.328 e. The largest absolute Gasteiger partial charge is 0.496 e. The number of hydrogen-bond acceptors (Lipinski definition) is 7. The summed E-state index contributed by atoms with van der Waals surface area (Å²) in [5.74, 6) is 0.129. The first-order valence-corrected chi connectivity index (χ1v) is 10.9. The van der Waals surface area contributed by atoms with Gasteiger partial charge in [-0.3, -0.25) is 4.79 Å². The highest BCUT2D eigenvalue weighted by Crippen LogP contribution is 2.33. The maximum Gasteiger partial charge on any atom is 0.328 e. The second-order valence-electron chi connectivity index (χ2n) is 5.60. The zero-order valence-electron chi connectivity index (χ0n) is 15.9. The van der Waals surface area contributed by atoms with Crippen molar-refractivity contribution in [3.8, 4) is 11.5 Å². The van der Waals surface area contributed by atoms with E-state index in [2.05, 4.69) is 10.6 Å². The molecule has 0 spiro atoms. The molecule has 0 radical (unpaired) electrons. The van der Waals surface area contributed by atoms with Gasteiger partial charge >= 0.3 is 6.03 Å². The molecule has 0 aliphatic rings. The molecular formula is C17H20ClN3O6S2. The minimum absolute atomic E-state index is 0.115. The van der Waals surface area contributed by atoms with E-state index in [4.69, 9.17) is 21.1 Å². The number of hydrogen-bond donors (Lipinski definition) is 3. The van der Waals surface area contributed by atoms with Crippen molar-refractivity contribution in [3.63, 3.8) is 0 Å². The fourth-order valence-electron chi connectivity index (χ4n) is 2.33. The van der Waals surface area contributed by atoms with E-state index >= 15 is 0 Å². The van der Waals surface area contributed by atoms with E-state index in [1.807, 2.05) is 4.72 Å². The standard InChI is InChI=1S/C17H20ClN3O6S2/c1-19-17(23)21-29(24,25)16-14(27-3)9-11(28-16)6-7-20-15(22)12-8-10(18)4-5-13(12)26-2/h4-5,8-9H,6-7H2,1-3H3,(H,20,22)(H2,19,21,23). The Balaban J connectivity index is 2.09. The first kappa shape index (κ1) is 22.8. The van der Waals surface area contributed by atoms with Crippen molar-refractivity contribution < 1.29 is 27.5 Å². The number of ether oxygens (including phenoxy) is 2. The van der Waals surface area contributed by atoms with Crippen molar-refractivity contribution in [2.45, 2.75) is 10.6 Å². The third kappa shape index (κ3) is 5.75. The number of urea groups is 1. The van der Waals surface area contributed by atoms with Crippen LogP contribution >= 0.6 is 22.9 Å². The lowest BCUT2D eigenvalue weighted by molar-refractivity contribution is 0.0951. The van der Waals surface area contributed by atoms with Gasteiger partial charge in [-0.1, -0.05) is 11.6 Å². The van der Waals surface area contributed by atoms with Gasteiger partial charge in [0.15, 0.2) is 9.96 Å². The van der Waals surface area contributed by atoms with Gasteiger partial charge in [0.25, 0.3) is 15.9 Å². The quantitative estimate of drug-likeness (QED) is 0.552. The van der Waals surface area contributed by atoms with Gasteiger partial charge in [0.1, 0.15) is 5.75 Å². The van der Waals surface area contributed by atoms with Crippen LogP contribution in [0.1, 0.15) is 15.2 Å². The van der Waals surface area contributed by atoms with Gasteiger partial charge in [0.2, 0.25) is 0 Å². The Morgan fingerprint density at radius 1 is 1.14 bits per heavy atom. The number of carbonyl (C=O) groups excluding carboxylic acids is 2. The molecule has 1 aromatic carbocycles. The number of carbonyl (C=O) groups is 2. The lowest BCUT2D eigenvalue weighted by Crippen LogP contribution is -2.37. The summed E-state index contributed by atoms with van der Waals surface area (Å²) >= 11 is 6.88. The molecule has 0 saturated heterocycles. The van der Waals surface area contributed by atoms with Crippen molar-refractivity contribution in [2.75, 3.05) is 27.8 Å². The summed E-state index contributed by atoms with van der Waals surface area (Å²) in [4.78, 5) is 24.4. The highest BCUT2D eigenvalue weighted by molar-refractivity contribution is 7.92. The van der Waals surface area contributed by atoms with E-state index in [1.54, 1.807) is 18.2 Å². The number of methoxy groups -OCH3 is 2. The van der Waals surface area contributed by atoms with E-state index in [1.165, 1.54) is 27.3 Å². The van der Waals surface area contributed by atoms with E-state index in [0.29, 0.717) is 27.6 Å². The van der Waals surface area contributed by atoms with Crippen LogP contribution < -0.4 is 24.8 Å². The Hall–Kier alpha value is -2.50. The second kappa shape index (κ2) is 9.81. The van der Waals surface area contributed by atoms with Crippen molar-refractivity contribution in [2.24, 2.45) is 0 Å². The minimum Gasteiger partial charge on any atom is -0.496 e. The molecule has 0 bridgehead atoms. The molecule has 2 rings (SSSR count). The first-order chi connectivity index (χ1) is 13.7. The summed E-state index contributed by atoms with van der Waals surface area (Å²) in [6.45, 7) is 0.237. The summed E-state index contributed by atoms with van der Waals surface area (Å²) in [6.07, 6.45) is 0.352. The summed E-state index contributed by atoms with van der Waals surface area (Å²) in [5.41, 5.74) is 0.293. The van der Waals surface area contributed by atoms with Gasteiger partial charge in [-0.25, -0.2) is 17.9 Å². The monoisotopic (exact) mass is 461 g/mol. The molecular weight excluding hydrogens is 442 g/mol. The molecule has 29 heavy (non-hydrogen) atoms. The third-order valence-electron chi connectivity index (χ3n) is 3.70. The molecule has 0 saturated carbocycles. The van der Waals surface area contributed by atoms with Gasteiger partial charge in [0.05, 0.1) is 19.8 Å². The molecule has 158 valence electrons. The Bertz CT molecular complexity index is 1010. The third-order valence-corrected chi connectivity index (χ3v) is 6.96. The van der Waals surface area contributed by atoms with Crippen LogP contribution in [0.4, 0.5) is 4.79 Å². The molecule has 9 nitrogen and oxygen atoms in total. The lowest BCUT2D eigenvalue weighted by atomic mass is 10.2. The molecule has 0 aliphatic heterocycles. The predicted molar refractivity (Wildman–Crippen MR) is 110 cm³/mol. The second-order valence-corrected chi connectivity index (χ2v) is 9.05. The average molecular weight is 462 g/mol. The number of sulfonamides is 1. The average Bonchev–Trinajstić information content (AvgIpc) is 3.11. The maximum absolute atomic E-state index is 12.4. The lowest BCUT2D eigenvalue weighted by Gasteiger charge is -2.09. The minimum atomic E-state index is -4.08. The first-order valence-electron chi connectivity index (χ1n) is 8.24. The molecule has 0 aliphatic carbocycles. The van der Waals surface area contributed by atoms with Crippen molar-refractivity contribution in [1.82, 2.24) is 15.4 Å². The summed E-state index contributed by atoms with van der Waals surface area (Å²) < 4.78 is 36.7. The number of amides is 3. The van der Waals surface area contributed by atoms with Crippen molar-refractivity contribution >= 4 is 44.9 Å². The van der Waals surface area contributed by atoms with Crippen LogP contribution in [0.5, 0.6) is 11.5 Å². The molecule has 2 aromatic rings. The summed E-state index contributed by atoms with van der Waals surface area (Å²) in [7, 11) is 0.00880. The molecule has 0 atom stereocenters. The topological polar surface area (TPSA) is 123 Å². The van der Waals surface area contributed by atoms with Gasteiger partial charge < -0.3 is 20.1 Å². The molecule has 3 N–H and O–H groups in total.